The first-order valence-corrected chi connectivity index (χ1v) is 5.79. The van der Waals surface area contributed by atoms with Crippen LogP contribution in [0.4, 0.5) is 0 Å². The summed E-state index contributed by atoms with van der Waals surface area (Å²) in [6.07, 6.45) is 1.46. The number of hydrogen-bond acceptors (Lipinski definition) is 1. The highest BCUT2D eigenvalue weighted by Gasteiger charge is 2.09. The van der Waals surface area contributed by atoms with Crippen molar-refractivity contribution in [3.8, 4) is 0 Å². The molecule has 0 N–H and O–H groups in total. The average Bonchev–Trinajstić information content (AvgIpc) is 2.30. The summed E-state index contributed by atoms with van der Waals surface area (Å²) in [4.78, 5) is 11.3. The van der Waals surface area contributed by atoms with Crippen LogP contribution in [0.25, 0.3) is 0 Å². The predicted octanol–water partition coefficient (Wildman–Crippen LogP) is 3.00. The monoisotopic (exact) mass is 219 g/mol. The van der Waals surface area contributed by atoms with E-state index in [1.807, 2.05) is 29.8 Å². The van der Waals surface area contributed by atoms with E-state index in [4.69, 9.17) is 0 Å². The van der Waals surface area contributed by atoms with Crippen LogP contribution in [0.2, 0.25) is 0 Å². The van der Waals surface area contributed by atoms with Gasteiger partial charge < -0.3 is 0 Å². The van der Waals surface area contributed by atoms with Crippen LogP contribution in [0.5, 0.6) is 0 Å². The third-order valence-corrected chi connectivity index (χ3v) is 2.25. The fraction of sp³-hybridized carbons (Fsp3) is 0.462. The van der Waals surface area contributed by atoms with E-state index in [1.165, 1.54) is 5.56 Å². The zero-order valence-electron chi connectivity index (χ0n) is 10.0. The van der Waals surface area contributed by atoms with Gasteiger partial charge in [0, 0.05) is 23.5 Å². The van der Waals surface area contributed by atoms with E-state index in [1.54, 1.807) is 0 Å². The summed E-state index contributed by atoms with van der Waals surface area (Å²) in [6.45, 7) is 5.45. The zero-order valence-corrected chi connectivity index (χ0v) is 10.0. The zero-order chi connectivity index (χ0) is 11.8. The molecule has 0 atom stereocenters. The second-order valence-corrected chi connectivity index (χ2v) is 3.72. The molecule has 0 unspecified atom stereocenters. The molecule has 0 aliphatic carbocycles. The summed E-state index contributed by atoms with van der Waals surface area (Å²) in [6, 6.07) is 10.1. The molecule has 0 saturated carbocycles. The van der Waals surface area contributed by atoms with Gasteiger partial charge in [-0.1, -0.05) is 44.2 Å². The third kappa shape index (κ3) is 4.34. The molecule has 0 saturated heterocycles. The molecule has 0 aliphatic rings. The van der Waals surface area contributed by atoms with Crippen molar-refractivity contribution in [2.75, 3.05) is 6.54 Å². The molecule has 16 heavy (non-hydrogen) atoms. The third-order valence-electron chi connectivity index (χ3n) is 2.25. The van der Waals surface area contributed by atoms with Crippen molar-refractivity contribution in [1.82, 2.24) is 0 Å². The summed E-state index contributed by atoms with van der Waals surface area (Å²) in [7, 11) is 0. The van der Waals surface area contributed by atoms with E-state index < -0.39 is 0 Å². The second kappa shape index (κ2) is 6.88. The van der Waals surface area contributed by atoms with E-state index >= 15 is 0 Å². The Hall–Kier alpha value is -1.51. The van der Waals surface area contributed by atoms with Gasteiger partial charge in [0.2, 0.25) is 0 Å². The smallest absolute Gasteiger partial charge is 0.266 e. The van der Waals surface area contributed by atoms with Crippen molar-refractivity contribution in [3.05, 3.63) is 35.9 Å². The molecule has 3 heteroatoms. The van der Waals surface area contributed by atoms with Crippen molar-refractivity contribution in [1.29, 1.82) is 0 Å². The molecule has 3 nitrogen and oxygen atoms in total. The molecule has 0 radical (unpaired) electrons. The van der Waals surface area contributed by atoms with E-state index in [0.29, 0.717) is 13.0 Å². The quantitative estimate of drug-likeness (QED) is 0.553. The van der Waals surface area contributed by atoms with E-state index in [2.05, 4.69) is 24.2 Å². The summed E-state index contributed by atoms with van der Waals surface area (Å²) >= 11 is 0. The van der Waals surface area contributed by atoms with Gasteiger partial charge in [-0.3, -0.25) is 4.79 Å². The molecule has 1 amide bonds. The number of carbonyl (C=O) groups excluding carboxylic acids is 1. The number of nitrogens with zero attached hydrogens (tertiary/aromatic N) is 2. The van der Waals surface area contributed by atoms with Crippen molar-refractivity contribution < 1.29 is 9.49 Å². The van der Waals surface area contributed by atoms with Gasteiger partial charge in [-0.25, -0.2) is 0 Å². The van der Waals surface area contributed by atoms with Crippen LogP contribution < -0.4 is 0 Å². The fourth-order valence-electron chi connectivity index (χ4n) is 1.45. The minimum atomic E-state index is -0.0515. The van der Waals surface area contributed by atoms with Gasteiger partial charge in [0.15, 0.2) is 13.1 Å². The Balaban J connectivity index is 2.72. The molecule has 0 fully saturated rings. The highest BCUT2D eigenvalue weighted by atomic mass is 16.1. The average molecular weight is 219 g/mol. The molecule has 0 aromatic heterocycles. The van der Waals surface area contributed by atoms with E-state index in [9.17, 15) is 4.79 Å². The molecule has 1 aromatic rings. The Morgan fingerprint density at radius 1 is 1.25 bits per heavy atom. The lowest BCUT2D eigenvalue weighted by Crippen LogP contribution is -2.13. The first kappa shape index (κ1) is 12.6. The molecule has 0 heterocycles. The van der Waals surface area contributed by atoms with Crippen LogP contribution in [0.1, 0.15) is 32.3 Å². The molecule has 1 rings (SSSR count). The lowest BCUT2D eigenvalue weighted by atomic mass is 10.2. The van der Waals surface area contributed by atoms with Crippen LogP contribution >= 0.6 is 0 Å². The van der Waals surface area contributed by atoms with Gasteiger partial charge in [0.05, 0.1) is 0 Å². The van der Waals surface area contributed by atoms with Gasteiger partial charge in [-0.05, 0) is 0 Å². The van der Waals surface area contributed by atoms with Crippen molar-refractivity contribution in [2.45, 2.75) is 33.2 Å². The highest BCUT2D eigenvalue weighted by molar-refractivity contribution is 5.75. The minimum Gasteiger partial charge on any atom is -0.266 e. The largest absolute Gasteiger partial charge is 0.307 e. The van der Waals surface area contributed by atoms with Gasteiger partial charge in [0.1, 0.15) is 0 Å². The molecule has 86 valence electrons. The SMILES string of the molecule is CCC[N+](Cc1ccccc1)=NC(=O)CC. The summed E-state index contributed by atoms with van der Waals surface area (Å²) < 4.78 is 1.85. The van der Waals surface area contributed by atoms with Crippen LogP contribution in [0.15, 0.2) is 35.4 Å². The number of rotatable bonds is 5. The maximum atomic E-state index is 11.3. The predicted molar refractivity (Wildman–Crippen MR) is 63.3 cm³/mol. The summed E-state index contributed by atoms with van der Waals surface area (Å²) in [5, 5.41) is 4.07. The number of amides is 1. The Morgan fingerprint density at radius 3 is 2.50 bits per heavy atom. The van der Waals surface area contributed by atoms with Crippen LogP contribution in [-0.2, 0) is 11.3 Å². The Bertz CT molecular complexity index is 357. The van der Waals surface area contributed by atoms with Crippen molar-refractivity contribution in [3.63, 3.8) is 0 Å². The first-order valence-electron chi connectivity index (χ1n) is 5.79. The van der Waals surface area contributed by atoms with Gasteiger partial charge in [-0.15, -0.1) is 4.70 Å². The van der Waals surface area contributed by atoms with Gasteiger partial charge >= 0.3 is 5.91 Å². The van der Waals surface area contributed by atoms with E-state index in [0.717, 1.165) is 13.0 Å². The Kier molecular flexibility index (Phi) is 5.40. The Morgan fingerprint density at radius 2 is 1.94 bits per heavy atom. The first-order chi connectivity index (χ1) is 7.76. The number of azo groups is 2. The maximum absolute atomic E-state index is 11.3. The molecular formula is C13H19N2O+. The number of benzene rings is 1. The maximum Gasteiger partial charge on any atom is 0.307 e. The second-order valence-electron chi connectivity index (χ2n) is 3.72. The van der Waals surface area contributed by atoms with Crippen molar-refractivity contribution >= 4 is 5.91 Å². The Labute approximate surface area is 96.8 Å². The van der Waals surface area contributed by atoms with Crippen LogP contribution in [0.3, 0.4) is 0 Å². The summed E-state index contributed by atoms with van der Waals surface area (Å²) in [5.41, 5.74) is 1.18. The molecule has 1 aromatic carbocycles. The van der Waals surface area contributed by atoms with Crippen molar-refractivity contribution in [2.24, 2.45) is 5.11 Å². The molecular weight excluding hydrogens is 200 g/mol. The van der Waals surface area contributed by atoms with Gasteiger partial charge in [0.25, 0.3) is 0 Å². The summed E-state index contributed by atoms with van der Waals surface area (Å²) in [5.74, 6) is -0.0515. The highest BCUT2D eigenvalue weighted by Crippen LogP contribution is 2.02. The molecule has 0 aliphatic heterocycles. The van der Waals surface area contributed by atoms with E-state index in [-0.39, 0.29) is 5.91 Å². The fourth-order valence-corrected chi connectivity index (χ4v) is 1.45. The van der Waals surface area contributed by atoms with Crippen LogP contribution in [0, 0.1) is 0 Å². The standard InChI is InChI=1S/C13H19N2O/c1-3-10-15(14-13(16)4-2)11-12-8-6-5-7-9-12/h5-9H,3-4,10-11H2,1-2H3/q+1. The topological polar surface area (TPSA) is 32.4 Å². The molecule has 0 spiro atoms. The molecule has 0 bridgehead atoms. The lowest BCUT2D eigenvalue weighted by Gasteiger charge is -1.99. The minimum absolute atomic E-state index is 0.0515. The van der Waals surface area contributed by atoms with Crippen LogP contribution in [-0.4, -0.2) is 17.1 Å². The number of hydrogen-bond donors (Lipinski definition) is 0. The normalized spacial score (nSPS) is 11.5. The van der Waals surface area contributed by atoms with Gasteiger partial charge in [-0.2, -0.15) is 0 Å². The number of carbonyl (C=O) groups is 1. The lowest BCUT2D eigenvalue weighted by molar-refractivity contribution is -0.604.